The smallest absolute Gasteiger partial charge is 0.237 e. The molecule has 0 fully saturated rings. The summed E-state index contributed by atoms with van der Waals surface area (Å²) >= 11 is 3.31. The minimum absolute atomic E-state index is 0.0507. The van der Waals surface area contributed by atoms with Crippen LogP contribution in [0.2, 0.25) is 0 Å². The fourth-order valence-corrected chi connectivity index (χ4v) is 6.40. The number of anilines is 1. The summed E-state index contributed by atoms with van der Waals surface area (Å²) in [6.45, 7) is 3.85. The number of rotatable bonds is 6. The van der Waals surface area contributed by atoms with Crippen LogP contribution in [-0.4, -0.2) is 21.1 Å². The number of thiophene rings is 1. The van der Waals surface area contributed by atoms with Gasteiger partial charge in [0.2, 0.25) is 5.91 Å². The molecule has 2 heterocycles. The molecule has 1 aliphatic rings. The van der Waals surface area contributed by atoms with Crippen molar-refractivity contribution in [2.75, 3.05) is 5.32 Å². The minimum atomic E-state index is -0.290. The van der Waals surface area contributed by atoms with Crippen LogP contribution < -0.4 is 10.1 Å². The van der Waals surface area contributed by atoms with E-state index >= 15 is 0 Å². The normalized spacial score (nSPS) is 14.0. The molecular weight excluding hydrogens is 450 g/mol. The maximum atomic E-state index is 12.9. The van der Waals surface area contributed by atoms with Gasteiger partial charge in [0.25, 0.3) is 0 Å². The molecule has 0 saturated carbocycles. The summed E-state index contributed by atoms with van der Waals surface area (Å²) < 4.78 is 5.82. The summed E-state index contributed by atoms with van der Waals surface area (Å²) in [7, 11) is 0. The minimum Gasteiger partial charge on any atom is -0.457 e. The molecule has 1 amide bonds. The molecule has 1 atom stereocenters. The van der Waals surface area contributed by atoms with Crippen LogP contribution in [0.25, 0.3) is 10.2 Å². The summed E-state index contributed by atoms with van der Waals surface area (Å²) in [4.78, 5) is 24.8. The van der Waals surface area contributed by atoms with E-state index in [2.05, 4.69) is 10.3 Å². The van der Waals surface area contributed by atoms with Crippen LogP contribution in [0.15, 0.2) is 59.6 Å². The maximum Gasteiger partial charge on any atom is 0.237 e. The molecule has 5 rings (SSSR count). The van der Waals surface area contributed by atoms with Crippen LogP contribution in [0.3, 0.4) is 0 Å². The van der Waals surface area contributed by atoms with E-state index in [0.29, 0.717) is 0 Å². The molecule has 168 valence electrons. The average molecular weight is 476 g/mol. The van der Waals surface area contributed by atoms with Gasteiger partial charge >= 0.3 is 0 Å². The lowest BCUT2D eigenvalue weighted by Crippen LogP contribution is -2.22. The Morgan fingerprint density at radius 3 is 2.55 bits per heavy atom. The SMILES string of the molecule is Cc1nc(SC(C)C(=O)Nc2ccc(Oc3ccccc3)cc2)c2c3c(sc2n1)CCCC3. The van der Waals surface area contributed by atoms with Crippen molar-refractivity contribution in [1.82, 2.24) is 9.97 Å². The van der Waals surface area contributed by atoms with Crippen LogP contribution in [0.5, 0.6) is 11.5 Å². The van der Waals surface area contributed by atoms with Crippen molar-refractivity contribution in [2.45, 2.75) is 49.8 Å². The Labute approximate surface area is 201 Å². The second-order valence-corrected chi connectivity index (χ2v) is 10.6. The van der Waals surface area contributed by atoms with Crippen molar-refractivity contribution in [1.29, 1.82) is 0 Å². The monoisotopic (exact) mass is 475 g/mol. The molecule has 2 aromatic heterocycles. The van der Waals surface area contributed by atoms with E-state index in [4.69, 9.17) is 9.72 Å². The highest BCUT2D eigenvalue weighted by molar-refractivity contribution is 8.00. The fourth-order valence-electron chi connectivity index (χ4n) is 4.01. The van der Waals surface area contributed by atoms with Gasteiger partial charge in [0.15, 0.2) is 0 Å². The lowest BCUT2D eigenvalue weighted by atomic mass is 9.97. The van der Waals surface area contributed by atoms with Gasteiger partial charge in [-0.15, -0.1) is 11.3 Å². The largest absolute Gasteiger partial charge is 0.457 e. The van der Waals surface area contributed by atoms with Crippen molar-refractivity contribution >= 4 is 44.9 Å². The summed E-state index contributed by atoms with van der Waals surface area (Å²) in [6, 6.07) is 17.1. The first-order chi connectivity index (χ1) is 16.1. The van der Waals surface area contributed by atoms with Gasteiger partial charge in [0.1, 0.15) is 27.2 Å². The number of carbonyl (C=O) groups excluding carboxylic acids is 1. The number of hydrogen-bond donors (Lipinski definition) is 1. The first-order valence-corrected chi connectivity index (χ1v) is 12.9. The number of aromatic nitrogens is 2. The van der Waals surface area contributed by atoms with Gasteiger partial charge in [-0.25, -0.2) is 9.97 Å². The molecular formula is C26H25N3O2S2. The Kier molecular flexibility index (Phi) is 6.33. The first-order valence-electron chi connectivity index (χ1n) is 11.2. The highest BCUT2D eigenvalue weighted by atomic mass is 32.2. The van der Waals surface area contributed by atoms with Gasteiger partial charge in [-0.05, 0) is 81.5 Å². The van der Waals surface area contributed by atoms with E-state index < -0.39 is 0 Å². The molecule has 2 aromatic carbocycles. The molecule has 7 heteroatoms. The Hall–Kier alpha value is -2.90. The maximum absolute atomic E-state index is 12.9. The number of carbonyl (C=O) groups is 1. The van der Waals surface area contributed by atoms with Crippen molar-refractivity contribution in [3.8, 4) is 11.5 Å². The lowest BCUT2D eigenvalue weighted by molar-refractivity contribution is -0.115. The molecule has 0 bridgehead atoms. The number of ether oxygens (including phenoxy) is 1. The number of thioether (sulfide) groups is 1. The molecule has 4 aromatic rings. The summed E-state index contributed by atoms with van der Waals surface area (Å²) in [5.41, 5.74) is 2.13. The third kappa shape index (κ3) is 4.89. The summed E-state index contributed by atoms with van der Waals surface area (Å²) in [5, 5.41) is 4.81. The van der Waals surface area contributed by atoms with E-state index in [1.54, 1.807) is 11.3 Å². The van der Waals surface area contributed by atoms with Crippen molar-refractivity contribution in [3.05, 3.63) is 70.9 Å². The topological polar surface area (TPSA) is 64.1 Å². The van der Waals surface area contributed by atoms with Crippen molar-refractivity contribution in [3.63, 3.8) is 0 Å². The Bertz CT molecular complexity index is 1290. The lowest BCUT2D eigenvalue weighted by Gasteiger charge is -2.15. The van der Waals surface area contributed by atoms with Crippen LogP contribution >= 0.6 is 23.1 Å². The molecule has 0 radical (unpaired) electrons. The third-order valence-corrected chi connectivity index (χ3v) is 7.92. The first kappa shape index (κ1) is 21.9. The van der Waals surface area contributed by atoms with E-state index in [-0.39, 0.29) is 11.2 Å². The van der Waals surface area contributed by atoms with E-state index in [1.807, 2.05) is 68.4 Å². The van der Waals surface area contributed by atoms with Gasteiger partial charge < -0.3 is 10.1 Å². The van der Waals surface area contributed by atoms with Crippen molar-refractivity contribution in [2.24, 2.45) is 0 Å². The number of amides is 1. The summed E-state index contributed by atoms with van der Waals surface area (Å²) in [5.74, 6) is 2.21. The molecule has 0 spiro atoms. The quantitative estimate of drug-likeness (QED) is 0.246. The van der Waals surface area contributed by atoms with Gasteiger partial charge in [-0.2, -0.15) is 0 Å². The zero-order valence-electron chi connectivity index (χ0n) is 18.6. The molecule has 0 aliphatic heterocycles. The van der Waals surface area contributed by atoms with Crippen LogP contribution in [0.4, 0.5) is 5.69 Å². The number of benzene rings is 2. The molecule has 0 saturated heterocycles. The van der Waals surface area contributed by atoms with Gasteiger partial charge in [0, 0.05) is 16.0 Å². The number of hydrogen-bond acceptors (Lipinski definition) is 6. The molecule has 1 unspecified atom stereocenters. The molecule has 5 nitrogen and oxygen atoms in total. The highest BCUT2D eigenvalue weighted by Crippen LogP contribution is 2.40. The van der Waals surface area contributed by atoms with Gasteiger partial charge in [-0.1, -0.05) is 30.0 Å². The second-order valence-electron chi connectivity index (χ2n) is 8.16. The predicted octanol–water partition coefficient (Wildman–Crippen LogP) is 6.79. The zero-order chi connectivity index (χ0) is 22.8. The van der Waals surface area contributed by atoms with Crippen LogP contribution in [-0.2, 0) is 17.6 Å². The Morgan fingerprint density at radius 2 is 1.76 bits per heavy atom. The van der Waals surface area contributed by atoms with Crippen LogP contribution in [0.1, 0.15) is 36.0 Å². The second kappa shape index (κ2) is 9.53. The number of nitrogens with zero attached hydrogens (tertiary/aromatic N) is 2. The summed E-state index contributed by atoms with van der Waals surface area (Å²) in [6.07, 6.45) is 4.65. The van der Waals surface area contributed by atoms with E-state index in [0.717, 1.165) is 51.1 Å². The predicted molar refractivity (Wildman–Crippen MR) is 136 cm³/mol. The van der Waals surface area contributed by atoms with Gasteiger partial charge in [0.05, 0.1) is 5.25 Å². The Balaban J connectivity index is 1.28. The van der Waals surface area contributed by atoms with E-state index in [1.165, 1.54) is 35.0 Å². The average Bonchev–Trinajstić information content (AvgIpc) is 3.19. The fraction of sp³-hybridized carbons (Fsp3) is 0.269. The van der Waals surface area contributed by atoms with E-state index in [9.17, 15) is 4.79 Å². The number of fused-ring (bicyclic) bond motifs is 3. The number of para-hydroxylation sites is 1. The zero-order valence-corrected chi connectivity index (χ0v) is 20.3. The molecule has 1 N–H and O–H groups in total. The standard InChI is InChI=1S/C26H25N3O2S2/c1-16(24(30)29-18-12-14-20(15-13-18)31-19-8-4-3-5-9-19)32-25-23-21-10-6-7-11-22(21)33-26(23)28-17(2)27-25/h3-5,8-9,12-16H,6-7,10-11H2,1-2H3,(H,29,30). The molecule has 33 heavy (non-hydrogen) atoms. The molecule has 1 aliphatic carbocycles. The Morgan fingerprint density at radius 1 is 1.03 bits per heavy atom. The van der Waals surface area contributed by atoms with Gasteiger partial charge in [-0.3, -0.25) is 4.79 Å². The highest BCUT2D eigenvalue weighted by Gasteiger charge is 2.23. The van der Waals surface area contributed by atoms with Crippen molar-refractivity contribution < 1.29 is 9.53 Å². The third-order valence-electron chi connectivity index (χ3n) is 5.65. The number of aryl methyl sites for hydroxylation is 3. The van der Waals surface area contributed by atoms with Crippen LogP contribution in [0, 0.1) is 6.92 Å². The number of nitrogens with one attached hydrogen (secondary N) is 1.